The molecule has 0 heterocycles. The zero-order valence-electron chi connectivity index (χ0n) is 8.51. The van der Waals surface area contributed by atoms with E-state index in [9.17, 15) is 18.3 Å². The van der Waals surface area contributed by atoms with E-state index in [0.717, 1.165) is 12.1 Å². The highest BCUT2D eigenvalue weighted by atomic mass is 19.2. The van der Waals surface area contributed by atoms with Gasteiger partial charge in [-0.1, -0.05) is 0 Å². The fraction of sp³-hybridized carbons (Fsp3) is 0.333. The van der Waals surface area contributed by atoms with Gasteiger partial charge in [0.15, 0.2) is 17.5 Å². The van der Waals surface area contributed by atoms with E-state index in [1.54, 1.807) is 0 Å². The number of aliphatic hydroxyl groups excluding tert-OH is 1. The second kappa shape index (κ2) is 5.57. The van der Waals surface area contributed by atoms with Gasteiger partial charge in [-0.2, -0.15) is 0 Å². The van der Waals surface area contributed by atoms with Crippen LogP contribution in [0.4, 0.5) is 13.2 Å². The van der Waals surface area contributed by atoms with Crippen LogP contribution in [0.15, 0.2) is 12.1 Å². The van der Waals surface area contributed by atoms with Crippen LogP contribution in [0.25, 0.3) is 0 Å². The normalized spacial score (nSPS) is 12.2. The number of unbranched alkanes of at least 4 members (excludes halogenated alkanes) is 1. The molecular weight excluding hydrogens is 217 g/mol. The van der Waals surface area contributed by atoms with Crippen LogP contribution in [-0.4, -0.2) is 5.11 Å². The van der Waals surface area contributed by atoms with Crippen molar-refractivity contribution in [3.63, 3.8) is 0 Å². The fourth-order valence-electron chi connectivity index (χ4n) is 1.33. The lowest BCUT2D eigenvalue weighted by Crippen LogP contribution is -2.01. The summed E-state index contributed by atoms with van der Waals surface area (Å²) < 4.78 is 38.3. The maximum atomic E-state index is 12.8. The first-order valence-electron chi connectivity index (χ1n) is 4.82. The summed E-state index contributed by atoms with van der Waals surface area (Å²) in [6, 6.07) is 1.58. The Kier molecular flexibility index (Phi) is 4.39. The molecule has 1 N–H and O–H groups in total. The largest absolute Gasteiger partial charge is 0.388 e. The summed E-state index contributed by atoms with van der Waals surface area (Å²) in [6.45, 7) is 0. The molecule has 1 aromatic rings. The van der Waals surface area contributed by atoms with Crippen LogP contribution in [0.3, 0.4) is 0 Å². The van der Waals surface area contributed by atoms with Gasteiger partial charge >= 0.3 is 0 Å². The summed E-state index contributed by atoms with van der Waals surface area (Å²) in [5.74, 6) is -1.74. The number of terminal acetylenes is 1. The lowest BCUT2D eigenvalue weighted by atomic mass is 10.0. The summed E-state index contributed by atoms with van der Waals surface area (Å²) in [5.41, 5.74) is 0.0217. The molecule has 0 bridgehead atoms. The fourth-order valence-corrected chi connectivity index (χ4v) is 1.33. The Morgan fingerprint density at radius 2 is 1.81 bits per heavy atom. The van der Waals surface area contributed by atoms with Gasteiger partial charge in [0, 0.05) is 6.42 Å². The molecule has 0 saturated heterocycles. The highest BCUT2D eigenvalue weighted by molar-refractivity contribution is 5.21. The molecule has 86 valence electrons. The highest BCUT2D eigenvalue weighted by Gasteiger charge is 2.15. The third-order valence-electron chi connectivity index (χ3n) is 2.19. The monoisotopic (exact) mass is 228 g/mol. The number of benzene rings is 1. The minimum atomic E-state index is -1.53. The molecule has 4 heteroatoms. The van der Waals surface area contributed by atoms with Gasteiger partial charge in [-0.05, 0) is 30.5 Å². The molecule has 0 amide bonds. The predicted molar refractivity (Wildman–Crippen MR) is 54.0 cm³/mol. The second-order valence-electron chi connectivity index (χ2n) is 3.41. The summed E-state index contributed by atoms with van der Waals surface area (Å²) >= 11 is 0. The standard InChI is InChI=1S/C12H11F3O/c1-2-3-4-5-11(16)8-6-9(13)12(15)10(14)7-8/h1,6-7,11,16H,3-5H2. The van der Waals surface area contributed by atoms with Crippen molar-refractivity contribution in [1.29, 1.82) is 0 Å². The molecule has 0 fully saturated rings. The molecule has 1 nitrogen and oxygen atoms in total. The number of rotatable bonds is 4. The second-order valence-corrected chi connectivity index (χ2v) is 3.41. The Morgan fingerprint density at radius 1 is 1.25 bits per heavy atom. The summed E-state index contributed by atoms with van der Waals surface area (Å²) in [7, 11) is 0. The Bertz CT molecular complexity index is 386. The van der Waals surface area contributed by atoms with Gasteiger partial charge in [-0.3, -0.25) is 0 Å². The van der Waals surface area contributed by atoms with Crippen molar-refractivity contribution in [1.82, 2.24) is 0 Å². The summed E-state index contributed by atoms with van der Waals surface area (Å²) in [4.78, 5) is 0. The van der Waals surface area contributed by atoms with Crippen molar-refractivity contribution in [3.05, 3.63) is 35.1 Å². The van der Waals surface area contributed by atoms with Gasteiger partial charge in [0.05, 0.1) is 6.10 Å². The third kappa shape index (κ3) is 3.01. The first-order valence-corrected chi connectivity index (χ1v) is 4.82. The summed E-state index contributed by atoms with van der Waals surface area (Å²) in [5, 5.41) is 9.56. The van der Waals surface area contributed by atoms with E-state index in [2.05, 4.69) is 5.92 Å². The average Bonchev–Trinajstić information content (AvgIpc) is 2.25. The molecule has 0 aliphatic rings. The van der Waals surface area contributed by atoms with Crippen molar-refractivity contribution in [2.24, 2.45) is 0 Å². The smallest absolute Gasteiger partial charge is 0.194 e. The predicted octanol–water partition coefficient (Wildman–Crippen LogP) is 2.94. The Hall–Kier alpha value is -1.47. The van der Waals surface area contributed by atoms with Crippen LogP contribution in [0.2, 0.25) is 0 Å². The molecule has 0 aliphatic carbocycles. The van der Waals surface area contributed by atoms with Gasteiger partial charge in [-0.25, -0.2) is 13.2 Å². The minimum Gasteiger partial charge on any atom is -0.388 e. The lowest BCUT2D eigenvalue weighted by molar-refractivity contribution is 0.164. The molecule has 1 rings (SSSR count). The van der Waals surface area contributed by atoms with E-state index >= 15 is 0 Å². The van der Waals surface area contributed by atoms with Crippen LogP contribution < -0.4 is 0 Å². The number of aliphatic hydroxyl groups is 1. The molecule has 1 atom stereocenters. The van der Waals surface area contributed by atoms with Crippen LogP contribution >= 0.6 is 0 Å². The SMILES string of the molecule is C#CCCCC(O)c1cc(F)c(F)c(F)c1. The van der Waals surface area contributed by atoms with Crippen molar-refractivity contribution in [2.45, 2.75) is 25.4 Å². The minimum absolute atomic E-state index is 0.0217. The molecular formula is C12H11F3O. The molecule has 0 saturated carbocycles. The van der Waals surface area contributed by atoms with Gasteiger partial charge in [0.1, 0.15) is 0 Å². The van der Waals surface area contributed by atoms with E-state index in [0.29, 0.717) is 12.8 Å². The van der Waals surface area contributed by atoms with Crippen molar-refractivity contribution in [2.75, 3.05) is 0 Å². The first kappa shape index (κ1) is 12.6. The topological polar surface area (TPSA) is 20.2 Å². The zero-order chi connectivity index (χ0) is 12.1. The molecule has 0 spiro atoms. The van der Waals surface area contributed by atoms with Crippen LogP contribution in [0.5, 0.6) is 0 Å². The van der Waals surface area contributed by atoms with Gasteiger partial charge < -0.3 is 5.11 Å². The Labute approximate surface area is 91.9 Å². The van der Waals surface area contributed by atoms with Gasteiger partial charge in [0.2, 0.25) is 0 Å². The molecule has 0 aliphatic heterocycles. The van der Waals surface area contributed by atoms with Crippen LogP contribution in [0, 0.1) is 29.8 Å². The van der Waals surface area contributed by atoms with E-state index in [4.69, 9.17) is 6.42 Å². The van der Waals surface area contributed by atoms with Gasteiger partial charge in [-0.15, -0.1) is 12.3 Å². The first-order chi connectivity index (χ1) is 7.56. The molecule has 1 unspecified atom stereocenters. The van der Waals surface area contributed by atoms with Crippen molar-refractivity contribution in [3.8, 4) is 12.3 Å². The zero-order valence-corrected chi connectivity index (χ0v) is 8.51. The maximum absolute atomic E-state index is 12.8. The molecule has 0 radical (unpaired) electrons. The van der Waals surface area contributed by atoms with Gasteiger partial charge in [0.25, 0.3) is 0 Å². The molecule has 1 aromatic carbocycles. The lowest BCUT2D eigenvalue weighted by Gasteiger charge is -2.10. The van der Waals surface area contributed by atoms with Crippen LogP contribution in [0.1, 0.15) is 30.9 Å². The van der Waals surface area contributed by atoms with Crippen LogP contribution in [-0.2, 0) is 0 Å². The number of hydrogen-bond donors (Lipinski definition) is 1. The van der Waals surface area contributed by atoms with E-state index in [1.807, 2.05) is 0 Å². The van der Waals surface area contributed by atoms with Crippen molar-refractivity contribution >= 4 is 0 Å². The molecule has 16 heavy (non-hydrogen) atoms. The highest BCUT2D eigenvalue weighted by Crippen LogP contribution is 2.22. The quantitative estimate of drug-likeness (QED) is 0.477. The Balaban J connectivity index is 2.77. The average molecular weight is 228 g/mol. The Morgan fingerprint density at radius 3 is 2.31 bits per heavy atom. The van der Waals surface area contributed by atoms with E-state index in [-0.39, 0.29) is 12.0 Å². The molecule has 0 aromatic heterocycles. The van der Waals surface area contributed by atoms with E-state index in [1.165, 1.54) is 0 Å². The van der Waals surface area contributed by atoms with Crippen molar-refractivity contribution < 1.29 is 18.3 Å². The van der Waals surface area contributed by atoms with E-state index < -0.39 is 23.6 Å². The third-order valence-corrected chi connectivity index (χ3v) is 2.19. The number of hydrogen-bond acceptors (Lipinski definition) is 1. The summed E-state index contributed by atoms with van der Waals surface area (Å²) in [6.07, 6.45) is 5.29. The maximum Gasteiger partial charge on any atom is 0.194 e. The number of halogens is 3.